The van der Waals surface area contributed by atoms with Gasteiger partial charge < -0.3 is 5.11 Å². The van der Waals surface area contributed by atoms with Gasteiger partial charge in [-0.3, -0.25) is 19.9 Å². The van der Waals surface area contributed by atoms with E-state index in [1.54, 1.807) is 12.3 Å². The molecule has 0 spiro atoms. The average Bonchev–Trinajstić information content (AvgIpc) is 2.71. The Hall–Kier alpha value is -2.89. The molecular weight excluding hydrogens is 379 g/mol. The largest absolute Gasteiger partial charge is 0.506 e. The molecule has 0 fully saturated rings. The Kier molecular flexibility index (Phi) is 6.75. The highest BCUT2D eigenvalue weighted by molar-refractivity contribution is 5.34. The summed E-state index contributed by atoms with van der Waals surface area (Å²) in [4.78, 5) is 17.6. The second kappa shape index (κ2) is 9.28. The molecule has 30 heavy (non-hydrogen) atoms. The molecule has 0 amide bonds. The van der Waals surface area contributed by atoms with Crippen molar-refractivity contribution in [3.05, 3.63) is 76.6 Å². The number of aryl methyl sites for hydroxylation is 1. The van der Waals surface area contributed by atoms with E-state index in [4.69, 9.17) is 0 Å². The maximum absolute atomic E-state index is 13.6. The number of aromatic nitrogens is 4. The van der Waals surface area contributed by atoms with Crippen molar-refractivity contribution >= 4 is 0 Å². The van der Waals surface area contributed by atoms with Gasteiger partial charge in [-0.2, -0.15) is 0 Å². The van der Waals surface area contributed by atoms with Crippen LogP contribution in [0.3, 0.4) is 0 Å². The molecule has 2 atom stereocenters. The molecule has 0 saturated carbocycles. The van der Waals surface area contributed by atoms with Gasteiger partial charge in [0.25, 0.3) is 0 Å². The van der Waals surface area contributed by atoms with Crippen molar-refractivity contribution in [1.29, 1.82) is 0 Å². The Labute approximate surface area is 177 Å². The molecule has 2 unspecified atom stereocenters. The lowest BCUT2D eigenvalue weighted by Gasteiger charge is -2.16. The van der Waals surface area contributed by atoms with E-state index < -0.39 is 0 Å². The van der Waals surface area contributed by atoms with Crippen LogP contribution in [-0.4, -0.2) is 25.0 Å². The Morgan fingerprint density at radius 1 is 0.867 bits per heavy atom. The maximum Gasteiger partial charge on any atom is 0.141 e. The summed E-state index contributed by atoms with van der Waals surface area (Å²) in [6.07, 6.45) is 7.91. The third kappa shape index (κ3) is 5.17. The first-order valence-electron chi connectivity index (χ1n) is 10.3. The SMILES string of the molecule is Cc1ncc(F)cc1C(C)Cc1ncc(C(C)Cc2cnc(C(C)C)cn2)cc1O. The summed E-state index contributed by atoms with van der Waals surface area (Å²) in [5, 5.41) is 10.5. The van der Waals surface area contributed by atoms with E-state index in [2.05, 4.69) is 40.7 Å². The van der Waals surface area contributed by atoms with Gasteiger partial charge in [-0.05, 0) is 54.4 Å². The van der Waals surface area contributed by atoms with Gasteiger partial charge in [0.05, 0.1) is 23.3 Å². The lowest BCUT2D eigenvalue weighted by molar-refractivity contribution is 0.459. The molecule has 1 N–H and O–H groups in total. The van der Waals surface area contributed by atoms with Crippen molar-refractivity contribution in [1.82, 2.24) is 19.9 Å². The third-order valence-electron chi connectivity index (χ3n) is 5.49. The fraction of sp³-hybridized carbons (Fsp3) is 0.417. The molecule has 0 aromatic carbocycles. The quantitative estimate of drug-likeness (QED) is 0.579. The number of pyridine rings is 2. The molecule has 0 saturated heterocycles. The molecule has 3 aromatic rings. The molecule has 0 bridgehead atoms. The third-order valence-corrected chi connectivity index (χ3v) is 5.49. The van der Waals surface area contributed by atoms with Crippen LogP contribution >= 0.6 is 0 Å². The predicted molar refractivity (Wildman–Crippen MR) is 115 cm³/mol. The predicted octanol–water partition coefficient (Wildman–Crippen LogP) is 5.24. The fourth-order valence-corrected chi connectivity index (χ4v) is 3.55. The minimum absolute atomic E-state index is 0.00961. The summed E-state index contributed by atoms with van der Waals surface area (Å²) in [5.41, 5.74) is 5.06. The summed E-state index contributed by atoms with van der Waals surface area (Å²) < 4.78 is 13.6. The Morgan fingerprint density at radius 2 is 1.63 bits per heavy atom. The summed E-state index contributed by atoms with van der Waals surface area (Å²) in [6.45, 7) is 10.1. The maximum atomic E-state index is 13.6. The Bertz CT molecular complexity index is 1000. The van der Waals surface area contributed by atoms with Crippen molar-refractivity contribution in [3.63, 3.8) is 0 Å². The first kappa shape index (κ1) is 21.8. The molecule has 5 nitrogen and oxygen atoms in total. The fourth-order valence-electron chi connectivity index (χ4n) is 3.55. The second-order valence-corrected chi connectivity index (χ2v) is 8.36. The number of hydrogen-bond donors (Lipinski definition) is 1. The summed E-state index contributed by atoms with van der Waals surface area (Å²) in [5.74, 6) is 0.295. The van der Waals surface area contributed by atoms with Crippen LogP contribution in [0.2, 0.25) is 0 Å². The molecule has 0 aliphatic heterocycles. The molecule has 0 aliphatic carbocycles. The van der Waals surface area contributed by atoms with Crippen molar-refractivity contribution < 1.29 is 9.50 Å². The Balaban J connectivity index is 1.70. The molecule has 0 radical (unpaired) electrons. The first-order valence-corrected chi connectivity index (χ1v) is 10.3. The zero-order chi connectivity index (χ0) is 21.8. The summed E-state index contributed by atoms with van der Waals surface area (Å²) >= 11 is 0. The second-order valence-electron chi connectivity index (χ2n) is 8.36. The van der Waals surface area contributed by atoms with E-state index >= 15 is 0 Å². The van der Waals surface area contributed by atoms with Gasteiger partial charge in [-0.15, -0.1) is 0 Å². The molecule has 3 heterocycles. The highest BCUT2D eigenvalue weighted by atomic mass is 19.1. The van der Waals surface area contributed by atoms with Crippen molar-refractivity contribution in [2.45, 2.75) is 65.2 Å². The normalized spacial score (nSPS) is 13.4. The van der Waals surface area contributed by atoms with Crippen LogP contribution in [-0.2, 0) is 12.8 Å². The monoisotopic (exact) mass is 408 g/mol. The molecule has 6 heteroatoms. The lowest BCUT2D eigenvalue weighted by atomic mass is 9.93. The van der Waals surface area contributed by atoms with Gasteiger partial charge in [0, 0.05) is 30.7 Å². The molecule has 3 rings (SSSR count). The van der Waals surface area contributed by atoms with E-state index in [0.717, 1.165) is 34.6 Å². The van der Waals surface area contributed by atoms with Gasteiger partial charge in [0.1, 0.15) is 11.6 Å². The molecule has 0 aliphatic rings. The standard InChI is InChI=1S/C24H29FN4O/c1-14(2)23-13-27-20(12-29-23)6-15(3)18-8-24(30)22(28-10-18)7-16(4)21-9-19(25)11-26-17(21)5/h8-16,30H,6-7H2,1-5H3. The number of rotatable bonds is 7. The van der Waals surface area contributed by atoms with Crippen molar-refractivity contribution in [2.75, 3.05) is 0 Å². The average molecular weight is 409 g/mol. The van der Waals surface area contributed by atoms with E-state index in [1.807, 2.05) is 26.2 Å². The highest BCUT2D eigenvalue weighted by Crippen LogP contribution is 2.29. The van der Waals surface area contributed by atoms with Gasteiger partial charge in [-0.1, -0.05) is 27.7 Å². The van der Waals surface area contributed by atoms with Gasteiger partial charge in [0.2, 0.25) is 0 Å². The van der Waals surface area contributed by atoms with Crippen LogP contribution in [0.25, 0.3) is 0 Å². The number of hydrogen-bond acceptors (Lipinski definition) is 5. The zero-order valence-corrected chi connectivity index (χ0v) is 18.2. The van der Waals surface area contributed by atoms with E-state index in [0.29, 0.717) is 18.0 Å². The topological polar surface area (TPSA) is 71.8 Å². The minimum Gasteiger partial charge on any atom is -0.506 e. The lowest BCUT2D eigenvalue weighted by Crippen LogP contribution is -2.07. The van der Waals surface area contributed by atoms with Gasteiger partial charge in [-0.25, -0.2) is 4.39 Å². The molecular formula is C24H29FN4O. The van der Waals surface area contributed by atoms with Crippen molar-refractivity contribution in [2.24, 2.45) is 0 Å². The van der Waals surface area contributed by atoms with Crippen LogP contribution in [0.5, 0.6) is 5.75 Å². The van der Waals surface area contributed by atoms with E-state index in [-0.39, 0.29) is 23.4 Å². The van der Waals surface area contributed by atoms with Gasteiger partial charge in [0.15, 0.2) is 0 Å². The molecule has 158 valence electrons. The smallest absolute Gasteiger partial charge is 0.141 e. The van der Waals surface area contributed by atoms with Crippen molar-refractivity contribution in [3.8, 4) is 5.75 Å². The van der Waals surface area contributed by atoms with Gasteiger partial charge >= 0.3 is 0 Å². The zero-order valence-electron chi connectivity index (χ0n) is 18.2. The summed E-state index contributed by atoms with van der Waals surface area (Å²) in [6, 6.07) is 3.28. The van der Waals surface area contributed by atoms with Crippen LogP contribution in [0.15, 0.2) is 36.9 Å². The molecule has 3 aromatic heterocycles. The Morgan fingerprint density at radius 3 is 2.27 bits per heavy atom. The highest BCUT2D eigenvalue weighted by Gasteiger charge is 2.17. The first-order chi connectivity index (χ1) is 14.2. The van der Waals surface area contributed by atoms with E-state index in [1.165, 1.54) is 12.3 Å². The van der Waals surface area contributed by atoms with Crippen LogP contribution in [0.1, 0.15) is 79.4 Å². The van der Waals surface area contributed by atoms with Crippen LogP contribution in [0.4, 0.5) is 4.39 Å². The van der Waals surface area contributed by atoms with Crippen LogP contribution < -0.4 is 0 Å². The van der Waals surface area contributed by atoms with E-state index in [9.17, 15) is 9.50 Å². The van der Waals surface area contributed by atoms with Crippen LogP contribution in [0, 0.1) is 12.7 Å². The number of nitrogens with zero attached hydrogens (tertiary/aromatic N) is 4. The minimum atomic E-state index is -0.353. The summed E-state index contributed by atoms with van der Waals surface area (Å²) in [7, 11) is 0. The number of aromatic hydroxyl groups is 1. The number of halogens is 1.